The number of rotatable bonds is 8. The molecule has 0 spiro atoms. The maximum Gasteiger partial charge on any atom is 0.344 e. The quantitative estimate of drug-likeness (QED) is 0.130. The van der Waals surface area contributed by atoms with Gasteiger partial charge in [-0.1, -0.05) is 70.1 Å². The minimum Gasteiger partial charge on any atom is -0.462 e. The van der Waals surface area contributed by atoms with Crippen LogP contribution >= 0.6 is 73.9 Å². The molecule has 0 N–H and O–H groups in total. The average Bonchev–Trinajstić information content (AvgIpc) is 2.99. The molecule has 0 unspecified atom stereocenters. The molecule has 0 aliphatic rings. The molecule has 2 heterocycles. The van der Waals surface area contributed by atoms with Crippen molar-refractivity contribution in [2.24, 2.45) is 0 Å². The molecular formula is C32H28BrCl5N2O6. The van der Waals surface area contributed by atoms with Crippen molar-refractivity contribution < 1.29 is 19.1 Å². The molecule has 0 atom stereocenters. The van der Waals surface area contributed by atoms with Crippen LogP contribution in [0.2, 0.25) is 25.2 Å². The smallest absolute Gasteiger partial charge is 0.344 e. The lowest BCUT2D eigenvalue weighted by atomic mass is 10.0. The molecule has 0 amide bonds. The Labute approximate surface area is 298 Å². The predicted molar refractivity (Wildman–Crippen MR) is 188 cm³/mol. The average molecular weight is 794 g/mol. The third kappa shape index (κ3) is 8.37. The van der Waals surface area contributed by atoms with Crippen LogP contribution in [0.1, 0.15) is 48.4 Å². The standard InChI is InChI=1S/C16H14BrCl2NO3.C16H14Cl3NO3/c1-3-20-13(17)8-12(21)14(16(22)23-4-2)15(20)9-5-6-10(18)11(19)7-9;1-3-20-13(19)8-12(21)14(16(22)23-4-2)15(20)9-5-6-10(17)11(18)7-9/h2*5-8H,3-4H2,1-2H3. The van der Waals surface area contributed by atoms with Crippen molar-refractivity contribution >= 4 is 85.9 Å². The first-order valence-electron chi connectivity index (χ1n) is 13.9. The first kappa shape index (κ1) is 37.7. The predicted octanol–water partition coefficient (Wildman–Crippen LogP) is 9.45. The number of carbonyl (C=O) groups excluding carboxylic acids is 2. The van der Waals surface area contributed by atoms with Crippen molar-refractivity contribution in [2.45, 2.75) is 40.8 Å². The Hall–Kier alpha value is -2.79. The maximum absolute atomic E-state index is 12.4. The fraction of sp³-hybridized carbons (Fsp3) is 0.250. The van der Waals surface area contributed by atoms with Gasteiger partial charge in [-0.2, -0.15) is 0 Å². The number of hydrogen-bond donors (Lipinski definition) is 0. The van der Waals surface area contributed by atoms with Crippen LogP contribution < -0.4 is 10.9 Å². The van der Waals surface area contributed by atoms with Gasteiger partial charge in [0.15, 0.2) is 10.9 Å². The number of ether oxygens (including phenoxy) is 2. The van der Waals surface area contributed by atoms with Gasteiger partial charge in [-0.25, -0.2) is 9.59 Å². The molecule has 0 saturated carbocycles. The molecule has 0 fully saturated rings. The zero-order valence-corrected chi connectivity index (χ0v) is 30.4. The second-order valence-electron chi connectivity index (χ2n) is 9.30. The van der Waals surface area contributed by atoms with Gasteiger partial charge in [0.2, 0.25) is 0 Å². The SMILES string of the molecule is CCOC(=O)c1c(-c2ccc(Cl)c(Cl)c2)n(CC)c(Br)cc1=O.CCOC(=O)c1c(-c2ccc(Cl)c(Cl)c2)n(CC)c(Cl)cc1=O. The van der Waals surface area contributed by atoms with Gasteiger partial charge in [0.25, 0.3) is 0 Å². The van der Waals surface area contributed by atoms with E-state index in [1.165, 1.54) is 12.1 Å². The lowest BCUT2D eigenvalue weighted by molar-refractivity contribution is 0.0515. The van der Waals surface area contributed by atoms with Crippen molar-refractivity contribution in [3.05, 3.63) is 110 Å². The van der Waals surface area contributed by atoms with Gasteiger partial charge in [0.05, 0.1) is 49.3 Å². The molecule has 244 valence electrons. The maximum atomic E-state index is 12.4. The molecule has 2 aromatic heterocycles. The van der Waals surface area contributed by atoms with E-state index in [9.17, 15) is 19.2 Å². The van der Waals surface area contributed by atoms with E-state index in [4.69, 9.17) is 67.5 Å². The highest BCUT2D eigenvalue weighted by Crippen LogP contribution is 2.33. The van der Waals surface area contributed by atoms with Crippen molar-refractivity contribution in [1.29, 1.82) is 0 Å². The van der Waals surface area contributed by atoms with Crippen molar-refractivity contribution in [1.82, 2.24) is 9.13 Å². The van der Waals surface area contributed by atoms with E-state index in [1.807, 2.05) is 13.8 Å². The van der Waals surface area contributed by atoms with Crippen LogP contribution in [-0.4, -0.2) is 34.3 Å². The Morgan fingerprint density at radius 3 is 1.43 bits per heavy atom. The molecule has 46 heavy (non-hydrogen) atoms. The fourth-order valence-electron chi connectivity index (χ4n) is 4.54. The minimum absolute atomic E-state index is 0.0183. The van der Waals surface area contributed by atoms with E-state index in [0.717, 1.165) is 0 Å². The number of aromatic nitrogens is 2. The molecule has 0 aliphatic heterocycles. The summed E-state index contributed by atoms with van der Waals surface area (Å²) in [6.45, 7) is 8.47. The first-order valence-corrected chi connectivity index (χ1v) is 16.6. The number of halogens is 6. The Morgan fingerprint density at radius 2 is 1.04 bits per heavy atom. The van der Waals surface area contributed by atoms with Crippen LogP contribution in [0.3, 0.4) is 0 Å². The summed E-state index contributed by atoms with van der Waals surface area (Å²) < 4.78 is 14.1. The molecule has 14 heteroatoms. The van der Waals surface area contributed by atoms with Gasteiger partial charge in [-0.3, -0.25) is 9.59 Å². The molecule has 2 aromatic carbocycles. The van der Waals surface area contributed by atoms with Gasteiger partial charge in [0, 0.05) is 36.3 Å². The second kappa shape index (κ2) is 16.9. The molecule has 4 rings (SSSR count). The molecule has 0 bridgehead atoms. The van der Waals surface area contributed by atoms with Gasteiger partial charge in [-0.15, -0.1) is 0 Å². The molecule has 8 nitrogen and oxygen atoms in total. The van der Waals surface area contributed by atoms with E-state index in [0.29, 0.717) is 60.3 Å². The normalized spacial score (nSPS) is 10.7. The Morgan fingerprint density at radius 1 is 0.630 bits per heavy atom. The summed E-state index contributed by atoms with van der Waals surface area (Å²) in [4.78, 5) is 49.2. The van der Waals surface area contributed by atoms with Crippen molar-refractivity contribution in [3.63, 3.8) is 0 Å². The van der Waals surface area contributed by atoms with Crippen LogP contribution in [0.15, 0.2) is 62.7 Å². The molecule has 0 radical (unpaired) electrons. The van der Waals surface area contributed by atoms with Gasteiger partial charge in [0.1, 0.15) is 16.3 Å². The highest BCUT2D eigenvalue weighted by atomic mass is 79.9. The third-order valence-corrected chi connectivity index (χ3v) is 8.95. The Kier molecular flexibility index (Phi) is 13.8. The monoisotopic (exact) mass is 790 g/mol. The van der Waals surface area contributed by atoms with E-state index in [1.54, 1.807) is 59.4 Å². The number of hydrogen-bond acceptors (Lipinski definition) is 6. The van der Waals surface area contributed by atoms with Crippen LogP contribution in [0.25, 0.3) is 22.5 Å². The number of carbonyl (C=O) groups is 2. The molecule has 0 aliphatic carbocycles. The van der Waals surface area contributed by atoms with Crippen molar-refractivity contribution in [3.8, 4) is 22.5 Å². The zero-order valence-electron chi connectivity index (χ0n) is 25.1. The topological polar surface area (TPSA) is 96.6 Å². The van der Waals surface area contributed by atoms with E-state index in [2.05, 4.69) is 15.9 Å². The summed E-state index contributed by atoms with van der Waals surface area (Å²) in [5.41, 5.74) is 0.976. The summed E-state index contributed by atoms with van der Waals surface area (Å²) in [6, 6.07) is 12.4. The molecular weight excluding hydrogens is 766 g/mol. The third-order valence-electron chi connectivity index (χ3n) is 6.50. The number of nitrogens with zero attached hydrogens (tertiary/aromatic N) is 2. The fourth-order valence-corrected chi connectivity index (χ4v) is 6.08. The summed E-state index contributed by atoms with van der Waals surface area (Å²) in [5, 5.41) is 1.66. The van der Waals surface area contributed by atoms with Gasteiger partial charge < -0.3 is 18.6 Å². The minimum atomic E-state index is -0.697. The summed E-state index contributed by atoms with van der Waals surface area (Å²) in [7, 11) is 0. The first-order chi connectivity index (χ1) is 21.8. The number of pyridine rings is 2. The molecule has 0 saturated heterocycles. The van der Waals surface area contributed by atoms with Gasteiger partial charge in [-0.05, 0) is 67.9 Å². The highest BCUT2D eigenvalue weighted by Gasteiger charge is 2.24. The lowest BCUT2D eigenvalue weighted by Gasteiger charge is -2.18. The van der Waals surface area contributed by atoms with Crippen LogP contribution in [-0.2, 0) is 22.6 Å². The number of esters is 2. The summed E-state index contributed by atoms with van der Waals surface area (Å²) in [5.74, 6) is -1.36. The number of benzene rings is 2. The van der Waals surface area contributed by atoms with E-state index < -0.39 is 22.8 Å². The van der Waals surface area contributed by atoms with Gasteiger partial charge >= 0.3 is 11.9 Å². The largest absolute Gasteiger partial charge is 0.462 e. The van der Waals surface area contributed by atoms with E-state index >= 15 is 0 Å². The van der Waals surface area contributed by atoms with Crippen LogP contribution in [0, 0.1) is 0 Å². The second-order valence-corrected chi connectivity index (χ2v) is 12.1. The summed E-state index contributed by atoms with van der Waals surface area (Å²) in [6.07, 6.45) is 0. The Balaban J connectivity index is 0.000000250. The van der Waals surface area contributed by atoms with Crippen LogP contribution in [0.5, 0.6) is 0 Å². The lowest BCUT2D eigenvalue weighted by Crippen LogP contribution is -2.23. The van der Waals surface area contributed by atoms with E-state index in [-0.39, 0.29) is 29.5 Å². The van der Waals surface area contributed by atoms with Crippen molar-refractivity contribution in [2.75, 3.05) is 13.2 Å². The zero-order chi connectivity index (χ0) is 34.3. The molecule has 4 aromatic rings. The Bertz CT molecular complexity index is 1770. The van der Waals surface area contributed by atoms with Crippen LogP contribution in [0.4, 0.5) is 0 Å². The summed E-state index contributed by atoms with van der Waals surface area (Å²) >= 11 is 33.6. The highest BCUT2D eigenvalue weighted by molar-refractivity contribution is 9.10.